The Hall–Kier alpha value is -1.52. The van der Waals surface area contributed by atoms with E-state index in [0.29, 0.717) is 0 Å². The maximum absolute atomic E-state index is 12.8. The van der Waals surface area contributed by atoms with Gasteiger partial charge in [-0.3, -0.25) is 4.79 Å². The molecule has 0 bridgehead atoms. The van der Waals surface area contributed by atoms with E-state index in [-0.39, 0.29) is 12.0 Å². The molecule has 0 fully saturated rings. The average Bonchev–Trinajstić information content (AvgIpc) is 2.26. The summed E-state index contributed by atoms with van der Waals surface area (Å²) in [5, 5.41) is 2.06. The molecule has 0 aliphatic heterocycles. The fraction of sp³-hybridized carbons (Fsp3) is 0.364. The van der Waals surface area contributed by atoms with Crippen LogP contribution in [0, 0.1) is 5.82 Å². The van der Waals surface area contributed by atoms with Crippen LogP contribution in [0.5, 0.6) is 0 Å². The summed E-state index contributed by atoms with van der Waals surface area (Å²) in [5.41, 5.74) is 0.0342. The van der Waals surface area contributed by atoms with E-state index in [1.54, 1.807) is 0 Å². The Balaban J connectivity index is 2.60. The van der Waals surface area contributed by atoms with Crippen LogP contribution in [0.1, 0.15) is 23.7 Å². The van der Waals surface area contributed by atoms with E-state index in [2.05, 4.69) is 5.32 Å². The summed E-state index contributed by atoms with van der Waals surface area (Å²) >= 11 is 0. The van der Waals surface area contributed by atoms with Crippen molar-refractivity contribution in [1.29, 1.82) is 0 Å². The predicted molar refractivity (Wildman–Crippen MR) is 54.0 cm³/mol. The summed E-state index contributed by atoms with van der Waals surface area (Å²) in [7, 11) is 0. The Bertz CT molecular complexity index is 379. The minimum atomic E-state index is -2.93. The summed E-state index contributed by atoms with van der Waals surface area (Å²) < 4.78 is 38.4. The number of halogens is 3. The Morgan fingerprint density at radius 3 is 2.69 bits per heavy atom. The number of amides is 1. The standard InChI is InChI=1S/C11H12F3NO/c1-2-11(13,14)7-15-10(16)8-4-3-5-9(12)6-8/h3-6H,2,7H2,1H3,(H,15,16). The lowest BCUT2D eigenvalue weighted by Gasteiger charge is -2.14. The first-order valence-corrected chi connectivity index (χ1v) is 4.86. The molecule has 0 aliphatic rings. The van der Waals surface area contributed by atoms with Crippen molar-refractivity contribution in [2.24, 2.45) is 0 Å². The van der Waals surface area contributed by atoms with Gasteiger partial charge in [-0.15, -0.1) is 0 Å². The van der Waals surface area contributed by atoms with Gasteiger partial charge in [0.25, 0.3) is 11.8 Å². The van der Waals surface area contributed by atoms with Crippen LogP contribution in [-0.4, -0.2) is 18.4 Å². The highest BCUT2D eigenvalue weighted by atomic mass is 19.3. The molecule has 1 aromatic carbocycles. The van der Waals surface area contributed by atoms with Gasteiger partial charge in [-0.05, 0) is 18.2 Å². The second-order valence-corrected chi connectivity index (χ2v) is 3.40. The van der Waals surface area contributed by atoms with Crippen LogP contribution in [-0.2, 0) is 0 Å². The van der Waals surface area contributed by atoms with Crippen molar-refractivity contribution in [3.63, 3.8) is 0 Å². The Kier molecular flexibility index (Phi) is 3.93. The van der Waals surface area contributed by atoms with E-state index >= 15 is 0 Å². The topological polar surface area (TPSA) is 29.1 Å². The van der Waals surface area contributed by atoms with Gasteiger partial charge in [0.15, 0.2) is 0 Å². The summed E-state index contributed by atoms with van der Waals surface area (Å²) in [4.78, 5) is 11.3. The SMILES string of the molecule is CCC(F)(F)CNC(=O)c1cccc(F)c1. The molecule has 0 heterocycles. The molecule has 0 saturated heterocycles. The molecule has 2 nitrogen and oxygen atoms in total. The van der Waals surface area contributed by atoms with Crippen molar-refractivity contribution >= 4 is 5.91 Å². The minimum Gasteiger partial charge on any atom is -0.346 e. The van der Waals surface area contributed by atoms with Gasteiger partial charge in [-0.2, -0.15) is 0 Å². The smallest absolute Gasteiger partial charge is 0.264 e. The Morgan fingerprint density at radius 1 is 1.44 bits per heavy atom. The average molecular weight is 231 g/mol. The van der Waals surface area contributed by atoms with Gasteiger partial charge >= 0.3 is 0 Å². The van der Waals surface area contributed by atoms with Crippen molar-refractivity contribution < 1.29 is 18.0 Å². The highest BCUT2D eigenvalue weighted by molar-refractivity contribution is 5.94. The van der Waals surface area contributed by atoms with Crippen LogP contribution in [0.15, 0.2) is 24.3 Å². The van der Waals surface area contributed by atoms with Gasteiger partial charge in [-0.1, -0.05) is 13.0 Å². The highest BCUT2D eigenvalue weighted by Crippen LogP contribution is 2.16. The first kappa shape index (κ1) is 12.5. The summed E-state index contributed by atoms with van der Waals surface area (Å²) in [6.45, 7) is 0.590. The number of hydrogen-bond acceptors (Lipinski definition) is 1. The minimum absolute atomic E-state index is 0.0342. The maximum Gasteiger partial charge on any atom is 0.264 e. The molecule has 1 amide bonds. The number of benzene rings is 1. The zero-order valence-corrected chi connectivity index (χ0v) is 8.77. The molecule has 0 saturated carbocycles. The molecule has 0 spiro atoms. The van der Waals surface area contributed by atoms with E-state index < -0.39 is 24.2 Å². The fourth-order valence-electron chi connectivity index (χ4n) is 1.07. The Morgan fingerprint density at radius 2 is 2.12 bits per heavy atom. The summed E-state index contributed by atoms with van der Waals surface area (Å²) in [5.74, 6) is -4.20. The predicted octanol–water partition coefficient (Wildman–Crippen LogP) is 2.60. The molecule has 1 rings (SSSR count). The first-order valence-electron chi connectivity index (χ1n) is 4.86. The molecule has 88 valence electrons. The van der Waals surface area contributed by atoms with Gasteiger partial charge in [0, 0.05) is 12.0 Å². The molecular weight excluding hydrogens is 219 g/mol. The highest BCUT2D eigenvalue weighted by Gasteiger charge is 2.26. The first-order chi connectivity index (χ1) is 7.44. The van der Waals surface area contributed by atoms with Crippen molar-refractivity contribution in [2.45, 2.75) is 19.3 Å². The molecule has 1 aromatic rings. The van der Waals surface area contributed by atoms with Crippen molar-refractivity contribution in [2.75, 3.05) is 6.54 Å². The lowest BCUT2D eigenvalue weighted by Crippen LogP contribution is -2.36. The van der Waals surface area contributed by atoms with E-state index in [1.807, 2.05) is 0 Å². The fourth-order valence-corrected chi connectivity index (χ4v) is 1.07. The Labute approximate surface area is 91.5 Å². The third-order valence-corrected chi connectivity index (χ3v) is 2.11. The van der Waals surface area contributed by atoms with Crippen LogP contribution in [0.4, 0.5) is 13.2 Å². The number of carbonyl (C=O) groups is 1. The van der Waals surface area contributed by atoms with Crippen molar-refractivity contribution in [3.05, 3.63) is 35.6 Å². The third-order valence-electron chi connectivity index (χ3n) is 2.11. The van der Waals surface area contributed by atoms with Gasteiger partial charge in [0.1, 0.15) is 5.82 Å². The molecule has 5 heteroatoms. The number of hydrogen-bond donors (Lipinski definition) is 1. The summed E-state index contributed by atoms with van der Waals surface area (Å²) in [6.07, 6.45) is -0.351. The molecule has 0 aliphatic carbocycles. The number of nitrogens with one attached hydrogen (secondary N) is 1. The molecule has 1 N–H and O–H groups in total. The zero-order chi connectivity index (χ0) is 12.2. The third kappa shape index (κ3) is 3.56. The zero-order valence-electron chi connectivity index (χ0n) is 8.77. The van der Waals surface area contributed by atoms with E-state index in [4.69, 9.17) is 0 Å². The number of rotatable bonds is 4. The lowest BCUT2D eigenvalue weighted by molar-refractivity contribution is -0.00101. The molecule has 16 heavy (non-hydrogen) atoms. The molecule has 0 atom stereocenters. The molecule has 0 radical (unpaired) electrons. The van der Waals surface area contributed by atoms with E-state index in [1.165, 1.54) is 25.1 Å². The lowest BCUT2D eigenvalue weighted by atomic mass is 10.2. The van der Waals surface area contributed by atoms with E-state index in [0.717, 1.165) is 6.07 Å². The van der Waals surface area contributed by atoms with Crippen LogP contribution >= 0.6 is 0 Å². The number of carbonyl (C=O) groups excluding carboxylic acids is 1. The second kappa shape index (κ2) is 5.01. The van der Waals surface area contributed by atoms with Crippen LogP contribution in [0.2, 0.25) is 0 Å². The van der Waals surface area contributed by atoms with Crippen LogP contribution in [0.25, 0.3) is 0 Å². The van der Waals surface area contributed by atoms with Crippen LogP contribution in [0.3, 0.4) is 0 Å². The van der Waals surface area contributed by atoms with Crippen molar-refractivity contribution in [1.82, 2.24) is 5.32 Å². The largest absolute Gasteiger partial charge is 0.346 e. The normalized spacial score (nSPS) is 11.2. The number of alkyl halides is 2. The maximum atomic E-state index is 12.8. The van der Waals surface area contributed by atoms with Gasteiger partial charge in [0.2, 0.25) is 0 Å². The monoisotopic (exact) mass is 231 g/mol. The molecular formula is C11H12F3NO. The quantitative estimate of drug-likeness (QED) is 0.847. The molecule has 0 unspecified atom stereocenters. The summed E-state index contributed by atoms with van der Waals surface area (Å²) in [6, 6.07) is 4.89. The van der Waals surface area contributed by atoms with Gasteiger partial charge in [-0.25, -0.2) is 13.2 Å². The van der Waals surface area contributed by atoms with Crippen LogP contribution < -0.4 is 5.32 Å². The van der Waals surface area contributed by atoms with Gasteiger partial charge < -0.3 is 5.32 Å². The van der Waals surface area contributed by atoms with Gasteiger partial charge in [0.05, 0.1) is 6.54 Å². The van der Waals surface area contributed by atoms with E-state index in [9.17, 15) is 18.0 Å². The molecule has 0 aromatic heterocycles. The van der Waals surface area contributed by atoms with Crippen molar-refractivity contribution in [3.8, 4) is 0 Å². The second-order valence-electron chi connectivity index (χ2n) is 3.40.